The first-order chi connectivity index (χ1) is 11.3. The molecular weight excluding hydrogens is 276 g/mol. The van der Waals surface area contributed by atoms with Crippen LogP contribution in [0.15, 0.2) is 67.3 Å². The second kappa shape index (κ2) is 14.7. The standard InChI is InChI=1S/C17H16.C4H8.C2H6/c1-15-8-7-13-17(14-15)12-6-5-11-16-9-3-2-4-10-16;1-3-4-2;1-2/h2-4,7-10,13-14H,5,11H2,1H3;3H,1,4H2,2H3;1-2H3. The van der Waals surface area contributed by atoms with E-state index in [-0.39, 0.29) is 0 Å². The quantitative estimate of drug-likeness (QED) is 0.443. The molecule has 0 aliphatic rings. The van der Waals surface area contributed by atoms with Crippen molar-refractivity contribution in [1.29, 1.82) is 0 Å². The van der Waals surface area contributed by atoms with Gasteiger partial charge in [-0.25, -0.2) is 0 Å². The van der Waals surface area contributed by atoms with Crippen LogP contribution >= 0.6 is 0 Å². The predicted molar refractivity (Wildman–Crippen MR) is 105 cm³/mol. The molecule has 0 spiro atoms. The van der Waals surface area contributed by atoms with Crippen LogP contribution in [0.2, 0.25) is 0 Å². The minimum atomic E-state index is 0.915. The van der Waals surface area contributed by atoms with Crippen LogP contribution in [0.1, 0.15) is 50.3 Å². The molecule has 0 aliphatic heterocycles. The molecule has 0 atom stereocenters. The van der Waals surface area contributed by atoms with Crippen molar-refractivity contribution in [2.75, 3.05) is 0 Å². The molecule has 0 heteroatoms. The predicted octanol–water partition coefficient (Wildman–Crippen LogP) is 6.59. The monoisotopic (exact) mass is 306 g/mol. The van der Waals surface area contributed by atoms with Crippen molar-refractivity contribution in [1.82, 2.24) is 0 Å². The van der Waals surface area contributed by atoms with Crippen LogP contribution in [0.5, 0.6) is 0 Å². The van der Waals surface area contributed by atoms with Gasteiger partial charge in [0.15, 0.2) is 0 Å². The van der Waals surface area contributed by atoms with Crippen LogP contribution < -0.4 is 0 Å². The summed E-state index contributed by atoms with van der Waals surface area (Å²) in [5.74, 6) is 6.43. The van der Waals surface area contributed by atoms with Gasteiger partial charge >= 0.3 is 0 Å². The molecule has 0 saturated heterocycles. The summed E-state index contributed by atoms with van der Waals surface area (Å²) in [6.07, 6.45) is 4.90. The largest absolute Gasteiger partial charge is 0.103 e. The third-order valence-electron chi connectivity index (χ3n) is 2.92. The van der Waals surface area contributed by atoms with Gasteiger partial charge in [0.05, 0.1) is 0 Å². The highest BCUT2D eigenvalue weighted by atomic mass is 13.9. The zero-order valence-corrected chi connectivity index (χ0v) is 15.1. The average molecular weight is 306 g/mol. The highest BCUT2D eigenvalue weighted by molar-refractivity contribution is 5.36. The Balaban J connectivity index is 0.000000705. The maximum absolute atomic E-state index is 3.48. The van der Waals surface area contributed by atoms with Crippen LogP contribution in [0.4, 0.5) is 0 Å². The Bertz CT molecular complexity index is 582. The summed E-state index contributed by atoms with van der Waals surface area (Å²) in [6, 6.07) is 18.8. The van der Waals surface area contributed by atoms with E-state index in [0.717, 1.165) is 24.8 Å². The summed E-state index contributed by atoms with van der Waals surface area (Å²) >= 11 is 0. The Morgan fingerprint density at radius 2 is 1.65 bits per heavy atom. The van der Waals surface area contributed by atoms with E-state index in [4.69, 9.17) is 0 Å². The molecule has 23 heavy (non-hydrogen) atoms. The first-order valence-corrected chi connectivity index (χ1v) is 8.46. The van der Waals surface area contributed by atoms with Gasteiger partial charge in [0.25, 0.3) is 0 Å². The lowest BCUT2D eigenvalue weighted by molar-refractivity contribution is 1.03. The Morgan fingerprint density at radius 1 is 1.00 bits per heavy atom. The molecule has 0 aliphatic carbocycles. The van der Waals surface area contributed by atoms with E-state index in [2.05, 4.69) is 80.8 Å². The molecule has 0 N–H and O–H groups in total. The van der Waals surface area contributed by atoms with Gasteiger partial charge in [0.2, 0.25) is 0 Å². The first-order valence-electron chi connectivity index (χ1n) is 8.46. The molecule has 2 aromatic carbocycles. The van der Waals surface area contributed by atoms with Crippen molar-refractivity contribution in [2.45, 2.75) is 47.0 Å². The maximum atomic E-state index is 3.48. The molecule has 0 fully saturated rings. The molecule has 0 heterocycles. The Kier molecular flexibility index (Phi) is 13.2. The molecule has 0 amide bonds. The zero-order chi connectivity index (χ0) is 17.3. The van der Waals surface area contributed by atoms with Crippen molar-refractivity contribution in [3.8, 4) is 11.8 Å². The van der Waals surface area contributed by atoms with Gasteiger partial charge in [0, 0.05) is 12.0 Å². The van der Waals surface area contributed by atoms with Crippen LogP contribution in [0.3, 0.4) is 0 Å². The average Bonchev–Trinajstić information content (AvgIpc) is 2.62. The molecular formula is C23H30. The fourth-order valence-electron chi connectivity index (χ4n) is 1.74. The Morgan fingerprint density at radius 3 is 2.22 bits per heavy atom. The topological polar surface area (TPSA) is 0 Å². The van der Waals surface area contributed by atoms with Crippen LogP contribution in [0, 0.1) is 18.8 Å². The van der Waals surface area contributed by atoms with Gasteiger partial charge in [-0.15, -0.1) is 6.58 Å². The second-order valence-corrected chi connectivity index (χ2v) is 4.85. The minimum Gasteiger partial charge on any atom is -0.103 e. The van der Waals surface area contributed by atoms with Crippen molar-refractivity contribution in [3.63, 3.8) is 0 Å². The first kappa shape index (κ1) is 20.7. The number of hydrogen-bond donors (Lipinski definition) is 0. The van der Waals surface area contributed by atoms with E-state index in [1.54, 1.807) is 0 Å². The molecule has 0 saturated carbocycles. The molecule has 122 valence electrons. The van der Waals surface area contributed by atoms with E-state index >= 15 is 0 Å². The van der Waals surface area contributed by atoms with E-state index in [1.165, 1.54) is 11.1 Å². The lowest BCUT2D eigenvalue weighted by Crippen LogP contribution is -1.82. The third-order valence-corrected chi connectivity index (χ3v) is 2.92. The van der Waals surface area contributed by atoms with Gasteiger partial charge in [-0.05, 0) is 43.0 Å². The van der Waals surface area contributed by atoms with E-state index in [1.807, 2.05) is 26.0 Å². The SMILES string of the molecule is C=CCC.CC.Cc1cccc(C#CCCc2ccccc2)c1. The molecule has 2 rings (SSSR count). The number of rotatable bonds is 3. The van der Waals surface area contributed by atoms with Crippen molar-refractivity contribution in [2.24, 2.45) is 0 Å². The molecule has 0 unspecified atom stereocenters. The summed E-state index contributed by atoms with van der Waals surface area (Å²) in [5, 5.41) is 0. The fraction of sp³-hybridized carbons (Fsp3) is 0.304. The molecule has 0 nitrogen and oxygen atoms in total. The summed E-state index contributed by atoms with van der Waals surface area (Å²) < 4.78 is 0. The van der Waals surface area contributed by atoms with Crippen LogP contribution in [0.25, 0.3) is 0 Å². The molecule has 0 radical (unpaired) electrons. The van der Waals surface area contributed by atoms with Crippen LogP contribution in [-0.2, 0) is 6.42 Å². The van der Waals surface area contributed by atoms with E-state index < -0.39 is 0 Å². The zero-order valence-electron chi connectivity index (χ0n) is 15.1. The lowest BCUT2D eigenvalue weighted by atomic mass is 10.1. The fourth-order valence-corrected chi connectivity index (χ4v) is 1.74. The van der Waals surface area contributed by atoms with Crippen molar-refractivity contribution in [3.05, 3.63) is 83.9 Å². The van der Waals surface area contributed by atoms with Crippen molar-refractivity contribution < 1.29 is 0 Å². The number of hydrogen-bond acceptors (Lipinski definition) is 0. The van der Waals surface area contributed by atoms with Gasteiger partial charge in [-0.3, -0.25) is 0 Å². The lowest BCUT2D eigenvalue weighted by Gasteiger charge is -1.95. The van der Waals surface area contributed by atoms with Gasteiger partial charge in [0.1, 0.15) is 0 Å². The summed E-state index contributed by atoms with van der Waals surface area (Å²) in [5.41, 5.74) is 3.73. The highest BCUT2D eigenvalue weighted by Gasteiger charge is 1.89. The Hall–Kier alpha value is -2.26. The van der Waals surface area contributed by atoms with Crippen molar-refractivity contribution >= 4 is 0 Å². The summed E-state index contributed by atoms with van der Waals surface area (Å²) in [7, 11) is 0. The number of benzene rings is 2. The third kappa shape index (κ3) is 11.0. The van der Waals surface area contributed by atoms with E-state index in [0.29, 0.717) is 0 Å². The van der Waals surface area contributed by atoms with E-state index in [9.17, 15) is 0 Å². The minimum absolute atomic E-state index is 0.915. The number of aryl methyl sites for hydroxylation is 2. The smallest absolute Gasteiger partial charge is 0.0247 e. The highest BCUT2D eigenvalue weighted by Crippen LogP contribution is 2.03. The number of allylic oxidation sites excluding steroid dienone is 1. The van der Waals surface area contributed by atoms with Gasteiger partial charge in [-0.2, -0.15) is 0 Å². The normalized spacial score (nSPS) is 8.35. The van der Waals surface area contributed by atoms with Gasteiger partial charge in [-0.1, -0.05) is 81.2 Å². The Labute approximate surface area is 143 Å². The molecule has 0 bridgehead atoms. The summed E-state index contributed by atoms with van der Waals surface area (Å²) in [4.78, 5) is 0. The summed E-state index contributed by atoms with van der Waals surface area (Å²) in [6.45, 7) is 11.6. The molecule has 0 aromatic heterocycles. The second-order valence-electron chi connectivity index (χ2n) is 4.85. The molecule has 2 aromatic rings. The van der Waals surface area contributed by atoms with Gasteiger partial charge < -0.3 is 0 Å². The van der Waals surface area contributed by atoms with Crippen LogP contribution in [-0.4, -0.2) is 0 Å². The maximum Gasteiger partial charge on any atom is 0.0247 e.